The highest BCUT2D eigenvalue weighted by Gasteiger charge is 2.24. The molecule has 94 valence electrons. The SMILES string of the molecule is CNC(c1ccc(Cl)c(C)c1)C1CCCOC1. The third-order valence-electron chi connectivity index (χ3n) is 3.52. The maximum Gasteiger partial charge on any atom is 0.0512 e. The van der Waals surface area contributed by atoms with Gasteiger partial charge in [0.2, 0.25) is 0 Å². The van der Waals surface area contributed by atoms with Crippen LogP contribution in [0, 0.1) is 12.8 Å². The minimum atomic E-state index is 0.367. The molecule has 1 saturated heterocycles. The van der Waals surface area contributed by atoms with Crippen LogP contribution >= 0.6 is 11.6 Å². The van der Waals surface area contributed by atoms with Crippen molar-refractivity contribution in [1.82, 2.24) is 5.32 Å². The lowest BCUT2D eigenvalue weighted by atomic mass is 9.88. The van der Waals surface area contributed by atoms with Gasteiger partial charge in [0.05, 0.1) is 6.61 Å². The molecule has 1 fully saturated rings. The largest absolute Gasteiger partial charge is 0.381 e. The topological polar surface area (TPSA) is 21.3 Å². The van der Waals surface area contributed by atoms with E-state index in [2.05, 4.69) is 24.4 Å². The van der Waals surface area contributed by atoms with Crippen LogP contribution in [0.3, 0.4) is 0 Å². The lowest BCUT2D eigenvalue weighted by Crippen LogP contribution is -2.31. The highest BCUT2D eigenvalue weighted by molar-refractivity contribution is 6.31. The maximum atomic E-state index is 6.07. The molecule has 2 unspecified atom stereocenters. The second-order valence-electron chi connectivity index (χ2n) is 4.75. The van der Waals surface area contributed by atoms with Crippen LogP contribution in [0.5, 0.6) is 0 Å². The molecule has 1 N–H and O–H groups in total. The molecule has 3 heteroatoms. The Morgan fingerprint density at radius 2 is 2.29 bits per heavy atom. The molecule has 0 saturated carbocycles. The number of halogens is 1. The zero-order valence-electron chi connectivity index (χ0n) is 10.5. The van der Waals surface area contributed by atoms with E-state index in [1.165, 1.54) is 12.0 Å². The van der Waals surface area contributed by atoms with Crippen LogP contribution in [0.4, 0.5) is 0 Å². The number of benzene rings is 1. The van der Waals surface area contributed by atoms with Crippen LogP contribution < -0.4 is 5.32 Å². The molecule has 17 heavy (non-hydrogen) atoms. The molecule has 1 aliphatic rings. The fourth-order valence-corrected chi connectivity index (χ4v) is 2.68. The van der Waals surface area contributed by atoms with E-state index in [0.717, 1.165) is 30.2 Å². The molecule has 0 bridgehead atoms. The molecule has 0 spiro atoms. The molecule has 0 radical (unpaired) electrons. The first-order valence-corrected chi connectivity index (χ1v) is 6.61. The van der Waals surface area contributed by atoms with Crippen molar-refractivity contribution in [3.05, 3.63) is 34.3 Å². The summed E-state index contributed by atoms with van der Waals surface area (Å²) in [4.78, 5) is 0. The van der Waals surface area contributed by atoms with Crippen molar-refractivity contribution in [2.45, 2.75) is 25.8 Å². The normalized spacial score (nSPS) is 22.4. The van der Waals surface area contributed by atoms with Gasteiger partial charge in [-0.05, 0) is 44.0 Å². The molecule has 2 atom stereocenters. The van der Waals surface area contributed by atoms with E-state index in [4.69, 9.17) is 16.3 Å². The van der Waals surface area contributed by atoms with E-state index >= 15 is 0 Å². The molecule has 2 rings (SSSR count). The van der Waals surface area contributed by atoms with Gasteiger partial charge in [-0.3, -0.25) is 0 Å². The number of aryl methyl sites for hydroxylation is 1. The monoisotopic (exact) mass is 253 g/mol. The lowest BCUT2D eigenvalue weighted by Gasteiger charge is -2.30. The van der Waals surface area contributed by atoms with Gasteiger partial charge in [-0.25, -0.2) is 0 Å². The zero-order chi connectivity index (χ0) is 12.3. The van der Waals surface area contributed by atoms with Gasteiger partial charge in [0, 0.05) is 23.6 Å². The van der Waals surface area contributed by atoms with Gasteiger partial charge in [0.1, 0.15) is 0 Å². The Bertz CT molecular complexity index is 374. The predicted molar refractivity (Wildman–Crippen MR) is 71.5 cm³/mol. The molecule has 1 aromatic rings. The highest BCUT2D eigenvalue weighted by Crippen LogP contribution is 2.30. The minimum Gasteiger partial charge on any atom is -0.381 e. The maximum absolute atomic E-state index is 6.07. The summed E-state index contributed by atoms with van der Waals surface area (Å²) in [5.74, 6) is 0.564. The molecule has 0 aliphatic carbocycles. The molecular weight excluding hydrogens is 234 g/mol. The first-order valence-electron chi connectivity index (χ1n) is 6.23. The second kappa shape index (κ2) is 5.85. The van der Waals surface area contributed by atoms with Crippen LogP contribution in [0.25, 0.3) is 0 Å². The molecule has 1 aliphatic heterocycles. The Morgan fingerprint density at radius 1 is 1.47 bits per heavy atom. The van der Waals surface area contributed by atoms with Crippen molar-refractivity contribution in [2.24, 2.45) is 5.92 Å². The van der Waals surface area contributed by atoms with Gasteiger partial charge in [0.25, 0.3) is 0 Å². The fourth-order valence-electron chi connectivity index (χ4n) is 2.56. The highest BCUT2D eigenvalue weighted by atomic mass is 35.5. The van der Waals surface area contributed by atoms with E-state index < -0.39 is 0 Å². The van der Waals surface area contributed by atoms with E-state index in [0.29, 0.717) is 12.0 Å². The summed E-state index contributed by atoms with van der Waals surface area (Å²) in [6.07, 6.45) is 2.39. The van der Waals surface area contributed by atoms with E-state index in [1.807, 2.05) is 13.1 Å². The summed E-state index contributed by atoms with van der Waals surface area (Å²) in [5, 5.41) is 4.25. The van der Waals surface area contributed by atoms with Crippen LogP contribution in [0.2, 0.25) is 5.02 Å². The average molecular weight is 254 g/mol. The van der Waals surface area contributed by atoms with E-state index in [1.54, 1.807) is 0 Å². The van der Waals surface area contributed by atoms with Crippen molar-refractivity contribution in [2.75, 3.05) is 20.3 Å². The predicted octanol–water partition coefficient (Wildman–Crippen LogP) is 3.34. The van der Waals surface area contributed by atoms with Gasteiger partial charge in [0.15, 0.2) is 0 Å². The zero-order valence-corrected chi connectivity index (χ0v) is 11.3. The summed E-state index contributed by atoms with van der Waals surface area (Å²) in [6.45, 7) is 3.82. The Balaban J connectivity index is 2.18. The molecule has 1 aromatic carbocycles. The molecule has 0 aromatic heterocycles. The smallest absolute Gasteiger partial charge is 0.0512 e. The van der Waals surface area contributed by atoms with Crippen LogP contribution in [-0.4, -0.2) is 20.3 Å². The summed E-state index contributed by atoms with van der Waals surface area (Å²) in [7, 11) is 2.02. The first-order chi connectivity index (χ1) is 8.22. The Labute approximate surface area is 108 Å². The summed E-state index contributed by atoms with van der Waals surface area (Å²) < 4.78 is 5.57. The number of nitrogens with one attached hydrogen (secondary N) is 1. The third kappa shape index (κ3) is 3.01. The fraction of sp³-hybridized carbons (Fsp3) is 0.571. The molecule has 1 heterocycles. The third-order valence-corrected chi connectivity index (χ3v) is 3.94. The summed E-state index contributed by atoms with van der Waals surface area (Å²) in [6, 6.07) is 6.65. The quantitative estimate of drug-likeness (QED) is 0.892. The van der Waals surface area contributed by atoms with Crippen molar-refractivity contribution in [3.8, 4) is 0 Å². The van der Waals surface area contributed by atoms with Gasteiger partial charge >= 0.3 is 0 Å². The summed E-state index contributed by atoms with van der Waals surface area (Å²) >= 11 is 6.07. The van der Waals surface area contributed by atoms with Crippen LogP contribution in [0.15, 0.2) is 18.2 Å². The van der Waals surface area contributed by atoms with E-state index in [-0.39, 0.29) is 0 Å². The Hall–Kier alpha value is -0.570. The van der Waals surface area contributed by atoms with Crippen molar-refractivity contribution >= 4 is 11.6 Å². The second-order valence-corrected chi connectivity index (χ2v) is 5.16. The molecule has 2 nitrogen and oxygen atoms in total. The standard InChI is InChI=1S/C14H20ClNO/c1-10-8-11(5-6-13(10)15)14(16-2)12-4-3-7-17-9-12/h5-6,8,12,14,16H,3-4,7,9H2,1-2H3. The summed E-state index contributed by atoms with van der Waals surface area (Å²) in [5.41, 5.74) is 2.45. The Morgan fingerprint density at radius 3 is 2.88 bits per heavy atom. The number of hydrogen-bond acceptors (Lipinski definition) is 2. The average Bonchev–Trinajstić information content (AvgIpc) is 2.36. The van der Waals surface area contributed by atoms with Gasteiger partial charge < -0.3 is 10.1 Å². The number of hydrogen-bond donors (Lipinski definition) is 1. The van der Waals surface area contributed by atoms with Gasteiger partial charge in [-0.2, -0.15) is 0 Å². The van der Waals surface area contributed by atoms with Crippen molar-refractivity contribution in [1.29, 1.82) is 0 Å². The van der Waals surface area contributed by atoms with Crippen molar-refractivity contribution < 1.29 is 4.74 Å². The first kappa shape index (κ1) is 12.9. The van der Waals surface area contributed by atoms with Gasteiger partial charge in [-0.15, -0.1) is 0 Å². The molecule has 0 amide bonds. The molecular formula is C14H20ClNO. The van der Waals surface area contributed by atoms with Crippen LogP contribution in [-0.2, 0) is 4.74 Å². The van der Waals surface area contributed by atoms with Crippen molar-refractivity contribution in [3.63, 3.8) is 0 Å². The lowest BCUT2D eigenvalue weighted by molar-refractivity contribution is 0.0402. The van der Waals surface area contributed by atoms with Gasteiger partial charge in [-0.1, -0.05) is 23.7 Å². The number of ether oxygens (including phenoxy) is 1. The Kier molecular flexibility index (Phi) is 4.43. The van der Waals surface area contributed by atoms with E-state index in [9.17, 15) is 0 Å². The minimum absolute atomic E-state index is 0.367. The van der Waals surface area contributed by atoms with Crippen LogP contribution in [0.1, 0.15) is 30.0 Å². The number of rotatable bonds is 3.